The Labute approximate surface area is 832 Å². The van der Waals surface area contributed by atoms with Crippen molar-refractivity contribution in [3.8, 4) is 114 Å². The van der Waals surface area contributed by atoms with E-state index >= 15 is 0 Å². The second kappa shape index (κ2) is 32.3. The van der Waals surface area contributed by atoms with E-state index in [4.69, 9.17) is 28.4 Å². The van der Waals surface area contributed by atoms with Gasteiger partial charge in [0, 0.05) is 89.2 Å². The first kappa shape index (κ1) is 83.7. The summed E-state index contributed by atoms with van der Waals surface area (Å²) >= 11 is 0. The summed E-state index contributed by atoms with van der Waals surface area (Å²) in [7, 11) is 0. The summed E-state index contributed by atoms with van der Waals surface area (Å²) in [6.45, 7) is 14.2. The van der Waals surface area contributed by atoms with Crippen LogP contribution >= 0.6 is 0 Å². The lowest BCUT2D eigenvalue weighted by Gasteiger charge is -2.34. The molecule has 0 aromatic heterocycles. The van der Waals surface area contributed by atoms with Gasteiger partial charge in [-0.2, -0.15) is 0 Å². The molecule has 6 aliphatic heterocycles. The summed E-state index contributed by atoms with van der Waals surface area (Å²) in [5, 5.41) is 4.75. The summed E-state index contributed by atoms with van der Waals surface area (Å²) in [6, 6.07) is 160. The van der Waals surface area contributed by atoms with Gasteiger partial charge in [-0.15, -0.1) is 0 Å². The second-order valence-corrected chi connectivity index (χ2v) is 40.3. The molecule has 12 heteroatoms. The molecule has 0 atom stereocenters. The Morgan fingerprint density at radius 1 is 0.175 bits per heavy atom. The van der Waals surface area contributed by atoms with Crippen molar-refractivity contribution in [2.75, 3.05) is 14.7 Å². The Morgan fingerprint density at radius 2 is 0.469 bits per heavy atom. The minimum absolute atomic E-state index is 0.00632. The summed E-state index contributed by atoms with van der Waals surface area (Å²) in [6.07, 6.45) is 0. The number of nitrogens with zero attached hydrogens (tertiary/aromatic N) is 3. The third-order valence-corrected chi connectivity index (χ3v) is 31.3. The molecule has 0 saturated heterocycles. The zero-order valence-corrected chi connectivity index (χ0v) is 79.7. The molecule has 30 rings (SSSR count). The fraction of sp³-hybridized carbons (Fsp3) is 0.0687. The molecule has 6 heterocycles. The van der Waals surface area contributed by atoms with Gasteiger partial charge in [0.15, 0.2) is 0 Å². The molecule has 0 bridgehead atoms. The predicted molar refractivity (Wildman–Crippen MR) is 590 cm³/mol. The van der Waals surface area contributed by atoms with Crippen molar-refractivity contribution in [1.29, 1.82) is 0 Å². The van der Waals surface area contributed by atoms with Crippen LogP contribution in [0, 0.1) is 0 Å². The van der Waals surface area contributed by atoms with Crippen LogP contribution in [0.15, 0.2) is 449 Å². The third kappa shape index (κ3) is 13.2. The highest BCUT2D eigenvalue weighted by Gasteiger charge is 2.50. The standard InChI is InChI=1S/C45H32BNO2.2C43H30BNO2/c1-45(2)36-26-33(47(31-15-8-4-9-16-31)32-17-10-5-11-18-32)22-23-34(36)35-27-43-39(28-37(35)45)46-38-24-21-30(29-13-6-3-7-14-29)25-42(38)48-40-19-12-20-41(49-43)44(40)46;1-43(2)34-24-30(45(28-13-5-3-6-14-28)29-15-7-4-8-16-29)21-22-32(34)33-25-40-36(26-35(33)43)44-41-31-17-10-9-12-27(31)20-23-39(41)46-37-18-11-19-38(47-40)42(37)44;1-43(2)34-24-30(45(28-13-5-3-6-14-28)29-15-7-4-8-16-29)21-22-32(34)33-25-40-37(26-35(33)43)44-36-23-20-27-12-9-10-17-31(27)42(36)47-39-19-11-18-38(46-40)41(39)44/h3-28H,1-2H3;2*3-26H,1-2H3. The fourth-order valence-electron chi connectivity index (χ4n) is 24.5. The SMILES string of the molecule is CC1(C)c2cc(N(c3ccccc3)c3ccccc3)ccc2-c2cc3c(cc21)B1c2c(cccc2Oc2ccc4ccccc4c21)O3.CC1(C)c2cc(N(c3ccccc3)c3ccccc3)ccc2-c2cc3c(cc21)B1c2ccc(-c4ccccc4)cc2Oc2cccc(c21)O3.CC1(C)c2cc(N(c3ccccc3)c3ccccc3)ccc2-c2cc3c(cc21)B1c2ccc4ccccc4c2Oc2cccc(c21)O3. The molecule has 0 saturated carbocycles. The molecule has 143 heavy (non-hydrogen) atoms. The second-order valence-electron chi connectivity index (χ2n) is 40.3. The Hall–Kier alpha value is -17.5. The molecule has 0 fully saturated rings. The maximum atomic E-state index is 6.75. The van der Waals surface area contributed by atoms with E-state index < -0.39 is 0 Å². The van der Waals surface area contributed by atoms with E-state index in [-0.39, 0.29) is 36.4 Å². The van der Waals surface area contributed by atoms with Crippen LogP contribution in [0.3, 0.4) is 0 Å². The van der Waals surface area contributed by atoms with Crippen LogP contribution in [0.1, 0.15) is 74.9 Å². The molecular weight excluding hydrogens is 1740 g/mol. The molecule has 0 N–H and O–H groups in total. The van der Waals surface area contributed by atoms with Crippen LogP contribution in [0.5, 0.6) is 69.0 Å². The number of rotatable bonds is 10. The number of hydrogen-bond acceptors (Lipinski definition) is 9. The highest BCUT2D eigenvalue weighted by Crippen LogP contribution is 2.58. The quantitative estimate of drug-likeness (QED) is 0.125. The van der Waals surface area contributed by atoms with E-state index in [9.17, 15) is 0 Å². The zero-order valence-electron chi connectivity index (χ0n) is 79.7. The van der Waals surface area contributed by atoms with Crippen molar-refractivity contribution >= 4 is 142 Å². The van der Waals surface area contributed by atoms with Gasteiger partial charge in [0.05, 0.1) is 0 Å². The minimum Gasteiger partial charge on any atom is -0.458 e. The summed E-state index contributed by atoms with van der Waals surface area (Å²) < 4.78 is 40.0. The first-order chi connectivity index (χ1) is 70.2. The molecule has 21 aromatic carbocycles. The molecule has 9 nitrogen and oxygen atoms in total. The highest BCUT2D eigenvalue weighted by atomic mass is 16.5. The van der Waals surface area contributed by atoms with E-state index in [0.717, 1.165) is 148 Å². The molecule has 9 aliphatic rings. The average Bonchev–Trinajstić information content (AvgIpc) is 1.69. The average molecular weight is 1840 g/mol. The predicted octanol–water partition coefficient (Wildman–Crippen LogP) is 28.5. The topological polar surface area (TPSA) is 65.1 Å². The van der Waals surface area contributed by atoms with Gasteiger partial charge < -0.3 is 43.1 Å². The number of para-hydroxylation sites is 6. The van der Waals surface area contributed by atoms with E-state index in [1.807, 2.05) is 18.2 Å². The lowest BCUT2D eigenvalue weighted by molar-refractivity contribution is 0.464. The fourth-order valence-corrected chi connectivity index (χ4v) is 24.5. The largest absolute Gasteiger partial charge is 0.458 e. The number of ether oxygens (including phenoxy) is 6. The smallest absolute Gasteiger partial charge is 0.261 e. The van der Waals surface area contributed by atoms with Crippen LogP contribution in [-0.2, 0) is 16.2 Å². The first-order valence-corrected chi connectivity index (χ1v) is 49.6. The van der Waals surface area contributed by atoms with Crippen molar-refractivity contribution in [2.45, 2.75) is 57.8 Å². The first-order valence-electron chi connectivity index (χ1n) is 49.6. The molecule has 3 aliphatic carbocycles. The molecule has 21 aromatic rings. The molecule has 0 unspecified atom stereocenters. The van der Waals surface area contributed by atoms with Gasteiger partial charge in [0.25, 0.3) is 20.1 Å². The zero-order chi connectivity index (χ0) is 95.2. The molecular formula is C131H92B3N3O6. The van der Waals surface area contributed by atoms with Gasteiger partial charge in [0.1, 0.15) is 69.0 Å². The van der Waals surface area contributed by atoms with Gasteiger partial charge >= 0.3 is 0 Å². The third-order valence-electron chi connectivity index (χ3n) is 31.3. The van der Waals surface area contributed by atoms with Crippen LogP contribution in [0.4, 0.5) is 51.2 Å². The molecule has 0 amide bonds. The highest BCUT2D eigenvalue weighted by molar-refractivity contribution is 7.00. The van der Waals surface area contributed by atoms with Gasteiger partial charge in [-0.05, 0) is 303 Å². The molecule has 0 radical (unpaired) electrons. The van der Waals surface area contributed by atoms with Gasteiger partial charge in [-0.25, -0.2) is 0 Å². The van der Waals surface area contributed by atoms with Crippen molar-refractivity contribution in [3.05, 3.63) is 482 Å². The summed E-state index contributed by atoms with van der Waals surface area (Å²) in [4.78, 5) is 7.03. The normalized spacial score (nSPS) is 14.1. The number of benzene rings is 21. The summed E-state index contributed by atoms with van der Waals surface area (Å²) in [5.41, 5.74) is 37.8. The van der Waals surface area contributed by atoms with Crippen molar-refractivity contribution in [2.24, 2.45) is 0 Å². The molecule has 0 spiro atoms. The van der Waals surface area contributed by atoms with Crippen molar-refractivity contribution < 1.29 is 28.4 Å². The monoisotopic (exact) mass is 1840 g/mol. The summed E-state index contributed by atoms with van der Waals surface area (Å²) in [5.74, 6) is 10.7. The van der Waals surface area contributed by atoms with Gasteiger partial charge in [-0.3, -0.25) is 0 Å². The Bertz CT molecular complexity index is 8730. The van der Waals surface area contributed by atoms with E-state index in [1.54, 1.807) is 0 Å². The number of hydrogen-bond donors (Lipinski definition) is 0. The number of anilines is 9. The lowest BCUT2D eigenvalue weighted by Crippen LogP contribution is -2.57. The van der Waals surface area contributed by atoms with Crippen molar-refractivity contribution in [1.82, 2.24) is 0 Å². The number of fused-ring (bicyclic) bond motifs is 25. The Kier molecular flexibility index (Phi) is 18.9. The maximum absolute atomic E-state index is 6.75. The van der Waals surface area contributed by atoms with Crippen molar-refractivity contribution in [3.63, 3.8) is 0 Å². The van der Waals surface area contributed by atoms with Crippen LogP contribution < -0.4 is 92.3 Å². The van der Waals surface area contributed by atoms with Crippen LogP contribution in [0.25, 0.3) is 66.1 Å². The van der Waals surface area contributed by atoms with Crippen LogP contribution in [0.2, 0.25) is 0 Å². The van der Waals surface area contributed by atoms with Crippen LogP contribution in [-0.4, -0.2) is 20.1 Å². The van der Waals surface area contributed by atoms with Gasteiger partial charge in [0.2, 0.25) is 0 Å². The van der Waals surface area contributed by atoms with E-state index in [0.29, 0.717) is 0 Å². The van der Waals surface area contributed by atoms with Gasteiger partial charge in [-0.1, -0.05) is 315 Å². The maximum Gasteiger partial charge on any atom is 0.261 e. The van der Waals surface area contributed by atoms with E-state index in [1.165, 1.54) is 121 Å². The lowest BCUT2D eigenvalue weighted by atomic mass is 9.34. The minimum atomic E-state index is -0.223. The van der Waals surface area contributed by atoms with E-state index in [2.05, 4.69) is 487 Å². The molecule has 676 valence electrons. The Balaban J connectivity index is 0.000000105. The Morgan fingerprint density at radius 3 is 0.867 bits per heavy atom.